The van der Waals surface area contributed by atoms with Crippen LogP contribution in [0.4, 0.5) is 0 Å². The molecule has 1 aliphatic rings. The van der Waals surface area contributed by atoms with Crippen molar-refractivity contribution in [3.8, 4) is 11.5 Å². The molecule has 0 unspecified atom stereocenters. The zero-order valence-electron chi connectivity index (χ0n) is 13.2. The molecule has 2 aromatic carbocycles. The van der Waals surface area contributed by atoms with Gasteiger partial charge in [0.1, 0.15) is 8.07 Å². The summed E-state index contributed by atoms with van der Waals surface area (Å²) in [6.07, 6.45) is 4.12. The Morgan fingerprint density at radius 2 is 1.27 bits per heavy atom. The van der Waals surface area contributed by atoms with Crippen molar-refractivity contribution in [3.05, 3.63) is 70.8 Å². The fourth-order valence-electron chi connectivity index (χ4n) is 2.68. The number of fused-ring (bicyclic) bond motifs is 2. The van der Waals surface area contributed by atoms with E-state index in [1.807, 2.05) is 48.5 Å². The van der Waals surface area contributed by atoms with Crippen molar-refractivity contribution >= 4 is 20.2 Å². The average molecular weight is 304 g/mol. The zero-order chi connectivity index (χ0) is 15.8. The Morgan fingerprint density at radius 1 is 0.818 bits per heavy atom. The number of hydrogen-bond donors (Lipinski definition) is 1. The van der Waals surface area contributed by atoms with Gasteiger partial charge < -0.3 is 5.11 Å². The molecule has 3 rings (SSSR count). The third-order valence-electron chi connectivity index (χ3n) is 3.76. The van der Waals surface area contributed by atoms with E-state index in [1.54, 1.807) is 0 Å². The van der Waals surface area contributed by atoms with Crippen molar-refractivity contribution in [2.45, 2.75) is 25.2 Å². The summed E-state index contributed by atoms with van der Waals surface area (Å²) in [6.45, 7) is 6.57. The van der Waals surface area contributed by atoms with Gasteiger partial charge in [-0.3, -0.25) is 0 Å². The van der Waals surface area contributed by atoms with Crippen molar-refractivity contribution in [2.24, 2.45) is 0 Å². The van der Waals surface area contributed by atoms with Crippen LogP contribution in [0.15, 0.2) is 48.5 Å². The first-order chi connectivity index (χ1) is 10.4. The van der Waals surface area contributed by atoms with Crippen LogP contribution < -0.4 is 0 Å². The lowest BCUT2D eigenvalue weighted by Gasteiger charge is -2.26. The highest BCUT2D eigenvalue weighted by Gasteiger charge is 2.34. The van der Waals surface area contributed by atoms with Crippen molar-refractivity contribution in [2.75, 3.05) is 0 Å². The van der Waals surface area contributed by atoms with Crippen LogP contribution in [0.2, 0.25) is 19.6 Å². The molecule has 2 aromatic rings. The average Bonchev–Trinajstić information content (AvgIpc) is 2.62. The van der Waals surface area contributed by atoms with E-state index in [9.17, 15) is 5.11 Å². The number of aliphatic hydroxyl groups is 1. The summed E-state index contributed by atoms with van der Waals surface area (Å²) in [7, 11) is -1.59. The molecule has 0 radical (unpaired) electrons. The molecule has 1 N–H and O–H groups in total. The molecule has 0 aromatic heterocycles. The Balaban J connectivity index is 2.32. The maximum Gasteiger partial charge on any atom is 0.177 e. The van der Waals surface area contributed by atoms with Crippen molar-refractivity contribution in [3.63, 3.8) is 0 Å². The largest absolute Gasteiger partial charge is 0.369 e. The first-order valence-corrected chi connectivity index (χ1v) is 11.0. The summed E-state index contributed by atoms with van der Waals surface area (Å²) in [4.78, 5) is 0. The van der Waals surface area contributed by atoms with E-state index >= 15 is 0 Å². The normalized spacial score (nSPS) is 15.1. The van der Waals surface area contributed by atoms with Gasteiger partial charge in [-0.1, -0.05) is 86.2 Å². The van der Waals surface area contributed by atoms with Gasteiger partial charge in [0, 0.05) is 11.1 Å². The monoisotopic (exact) mass is 304 g/mol. The Bertz CT molecular complexity index is 751. The number of benzene rings is 2. The van der Waals surface area contributed by atoms with E-state index in [0.717, 1.165) is 22.3 Å². The molecular weight excluding hydrogens is 284 g/mol. The summed E-state index contributed by atoms with van der Waals surface area (Å²) in [5.41, 5.74) is 5.86. The summed E-state index contributed by atoms with van der Waals surface area (Å²) in [6, 6.07) is 15.9. The van der Waals surface area contributed by atoms with Gasteiger partial charge in [0.15, 0.2) is 5.60 Å². The lowest BCUT2D eigenvalue weighted by molar-refractivity contribution is 0.145. The van der Waals surface area contributed by atoms with Crippen molar-refractivity contribution < 1.29 is 5.11 Å². The van der Waals surface area contributed by atoms with Gasteiger partial charge in [-0.2, -0.15) is 0 Å². The maximum absolute atomic E-state index is 11.5. The molecule has 0 saturated carbocycles. The quantitative estimate of drug-likeness (QED) is 0.569. The molecule has 0 heterocycles. The van der Waals surface area contributed by atoms with E-state index in [1.165, 1.54) is 0 Å². The van der Waals surface area contributed by atoms with Gasteiger partial charge in [0.25, 0.3) is 0 Å². The summed E-state index contributed by atoms with van der Waals surface area (Å²) in [5, 5.41) is 11.5. The molecule has 1 aliphatic carbocycles. The molecule has 0 atom stereocenters. The second-order valence-electron chi connectivity index (χ2n) is 6.72. The van der Waals surface area contributed by atoms with E-state index in [4.69, 9.17) is 0 Å². The third kappa shape index (κ3) is 2.66. The first-order valence-electron chi connectivity index (χ1n) is 7.54. The van der Waals surface area contributed by atoms with Gasteiger partial charge in [-0.25, -0.2) is 0 Å². The van der Waals surface area contributed by atoms with Crippen LogP contribution >= 0.6 is 0 Å². The SMILES string of the molecule is C[Si](C)(C)C#CC1(O)c2ccccc2C=Cc2ccccc21. The highest BCUT2D eigenvalue weighted by atomic mass is 28.3. The smallest absolute Gasteiger partial charge is 0.177 e. The van der Waals surface area contributed by atoms with Crippen molar-refractivity contribution in [1.29, 1.82) is 0 Å². The molecule has 2 heteroatoms. The van der Waals surface area contributed by atoms with Gasteiger partial charge in [-0.05, 0) is 11.1 Å². The standard InChI is InChI=1S/C20H20OSi/c1-22(2,3)15-14-20(21)18-10-6-4-8-16(18)12-13-17-9-5-7-11-19(17)20/h4-13,21H,1-3H3. The molecule has 0 saturated heterocycles. The molecule has 22 heavy (non-hydrogen) atoms. The highest BCUT2D eigenvalue weighted by molar-refractivity contribution is 6.83. The number of hydrogen-bond acceptors (Lipinski definition) is 1. The lowest BCUT2D eigenvalue weighted by atomic mass is 9.84. The Morgan fingerprint density at radius 3 is 1.73 bits per heavy atom. The molecular formula is C20H20OSi. The van der Waals surface area contributed by atoms with Crippen LogP contribution in [-0.4, -0.2) is 13.2 Å². The van der Waals surface area contributed by atoms with Crippen molar-refractivity contribution in [1.82, 2.24) is 0 Å². The predicted octanol–water partition coefficient (Wildman–Crippen LogP) is 4.29. The zero-order valence-corrected chi connectivity index (χ0v) is 14.2. The summed E-state index contributed by atoms with van der Waals surface area (Å²) >= 11 is 0. The van der Waals surface area contributed by atoms with Crippen LogP contribution in [0.1, 0.15) is 22.3 Å². The van der Waals surface area contributed by atoms with Gasteiger partial charge in [0.05, 0.1) is 0 Å². The molecule has 1 nitrogen and oxygen atoms in total. The van der Waals surface area contributed by atoms with Crippen LogP contribution in [0, 0.1) is 11.5 Å². The van der Waals surface area contributed by atoms with E-state index in [2.05, 4.69) is 43.3 Å². The van der Waals surface area contributed by atoms with Gasteiger partial charge in [-0.15, -0.1) is 5.54 Å². The minimum atomic E-state index is -1.59. The molecule has 0 fully saturated rings. The fourth-order valence-corrected chi connectivity index (χ4v) is 3.24. The molecule has 110 valence electrons. The van der Waals surface area contributed by atoms with E-state index in [-0.39, 0.29) is 0 Å². The van der Waals surface area contributed by atoms with Crippen LogP contribution in [0.3, 0.4) is 0 Å². The predicted molar refractivity (Wildman–Crippen MR) is 95.9 cm³/mol. The third-order valence-corrected chi connectivity index (χ3v) is 4.64. The summed E-state index contributed by atoms with van der Waals surface area (Å²) in [5.74, 6) is 3.22. The van der Waals surface area contributed by atoms with E-state index in [0.29, 0.717) is 0 Å². The molecule has 0 amide bonds. The highest BCUT2D eigenvalue weighted by Crippen LogP contribution is 2.37. The fraction of sp³-hybridized carbons (Fsp3) is 0.200. The minimum absolute atomic E-state index is 0.863. The Labute approximate surface area is 133 Å². The maximum atomic E-state index is 11.5. The topological polar surface area (TPSA) is 20.2 Å². The van der Waals surface area contributed by atoms with Crippen LogP contribution in [0.25, 0.3) is 12.2 Å². The molecule has 0 aliphatic heterocycles. The van der Waals surface area contributed by atoms with Crippen LogP contribution in [0.5, 0.6) is 0 Å². The van der Waals surface area contributed by atoms with Crippen LogP contribution in [-0.2, 0) is 5.60 Å². The minimum Gasteiger partial charge on any atom is -0.369 e. The lowest BCUT2D eigenvalue weighted by Crippen LogP contribution is -2.28. The number of rotatable bonds is 0. The first kappa shape index (κ1) is 14.8. The molecule has 0 spiro atoms. The van der Waals surface area contributed by atoms with E-state index < -0.39 is 13.7 Å². The summed E-state index contributed by atoms with van der Waals surface area (Å²) < 4.78 is 0. The second kappa shape index (κ2) is 5.28. The second-order valence-corrected chi connectivity index (χ2v) is 11.5. The molecule has 0 bridgehead atoms. The Hall–Kier alpha value is -2.08. The van der Waals surface area contributed by atoms with Gasteiger partial charge >= 0.3 is 0 Å². The Kier molecular flexibility index (Phi) is 3.56. The van der Waals surface area contributed by atoms with Gasteiger partial charge in [0.2, 0.25) is 0 Å².